The van der Waals surface area contributed by atoms with E-state index in [2.05, 4.69) is 20.4 Å². The van der Waals surface area contributed by atoms with Crippen molar-refractivity contribution in [2.75, 3.05) is 40.0 Å². The van der Waals surface area contributed by atoms with Gasteiger partial charge in [-0.2, -0.15) is 52.7 Å². The normalized spacial score (nSPS) is 20.7. The van der Waals surface area contributed by atoms with Gasteiger partial charge >= 0.3 is 42.9 Å². The first kappa shape index (κ1) is 71.0. The molecule has 2 aromatic heterocycles. The first-order valence-corrected chi connectivity index (χ1v) is 29.8. The third-order valence-electron chi connectivity index (χ3n) is 17.4. The van der Waals surface area contributed by atoms with Crippen LogP contribution < -0.4 is 0 Å². The molecule has 6 atom stereocenters. The molecule has 2 fully saturated rings. The third kappa shape index (κ3) is 15.8. The monoisotopic (exact) mass is 1350 g/mol. The summed E-state index contributed by atoms with van der Waals surface area (Å²) in [4.78, 5) is 44.4. The summed E-state index contributed by atoms with van der Waals surface area (Å²) in [6, 6.07) is 37.7. The van der Waals surface area contributed by atoms with Gasteiger partial charge in [-0.05, 0) is 109 Å². The third-order valence-corrected chi connectivity index (χ3v) is 17.4. The molecule has 510 valence electrons. The summed E-state index contributed by atoms with van der Waals surface area (Å²) in [5.74, 6) is -0.701. The predicted octanol–water partition coefficient (Wildman–Crippen LogP) is 14.4. The van der Waals surface area contributed by atoms with Crippen molar-refractivity contribution in [2.24, 2.45) is 0 Å². The number of halogens is 12. The molecule has 0 aliphatic carbocycles. The fourth-order valence-corrected chi connectivity index (χ4v) is 11.9. The lowest BCUT2D eigenvalue weighted by atomic mass is 9.74. The van der Waals surface area contributed by atoms with Crippen molar-refractivity contribution in [3.8, 4) is 0 Å². The number of aliphatic hydroxyl groups excluding tert-OH is 1. The van der Waals surface area contributed by atoms with Gasteiger partial charge < -0.3 is 37.9 Å². The molecule has 2 saturated heterocycles. The number of aliphatic hydroxyl groups is 1. The van der Waals surface area contributed by atoms with Crippen LogP contribution in [0.2, 0.25) is 0 Å². The Bertz CT molecular complexity index is 3810. The molecule has 2 aliphatic rings. The maximum absolute atomic E-state index is 14.2. The number of ether oxygens (including phenoxy) is 5. The molecule has 8 aromatic rings. The Hall–Kier alpha value is -9.35. The number of alkyl halides is 12. The van der Waals surface area contributed by atoms with Crippen molar-refractivity contribution in [3.05, 3.63) is 239 Å². The van der Waals surface area contributed by atoms with Crippen molar-refractivity contribution in [1.29, 1.82) is 0 Å². The van der Waals surface area contributed by atoms with E-state index in [1.54, 1.807) is 120 Å². The largest absolute Gasteiger partial charge is 0.467 e. The van der Waals surface area contributed by atoms with Crippen LogP contribution in [0.15, 0.2) is 183 Å². The van der Waals surface area contributed by atoms with Crippen molar-refractivity contribution in [1.82, 2.24) is 39.3 Å². The SMILES string of the molecule is COC(=O)[C@@]1(n2cnnc2)CC[C@@](CO[C@H](C)c2cc(C(F)(F)F)cc(C(F)(F)F)c2)(c2ccccc2)N(C(=O)OCc2ccccc2)C1.C[C@@H](OC[C@@]1(c2ccccc2)CC[C@@](CO)(n2cnnc2)CN1C(=O)OCc1ccccc1)c1cc(C(F)(F)F)cc(C(F)(F)F)c1. The number of piperidine rings is 2. The molecule has 0 saturated carbocycles. The molecule has 4 heterocycles. The molecule has 2 amide bonds. The van der Waals surface area contributed by atoms with E-state index < -0.39 is 113 Å². The van der Waals surface area contributed by atoms with E-state index in [0.717, 1.165) is 0 Å². The molecule has 10 rings (SSSR count). The maximum atomic E-state index is 14.2. The Morgan fingerprint density at radius 1 is 0.479 bits per heavy atom. The number of amides is 2. The quantitative estimate of drug-likeness (QED) is 0.0486. The molecule has 6 aromatic carbocycles. The van der Waals surface area contributed by atoms with Crippen LogP contribution in [0.4, 0.5) is 62.3 Å². The summed E-state index contributed by atoms with van der Waals surface area (Å²) in [5.41, 5.74) is -9.37. The number of hydrogen-bond donors (Lipinski definition) is 1. The zero-order valence-corrected chi connectivity index (χ0v) is 51.6. The van der Waals surface area contributed by atoms with Gasteiger partial charge in [-0.3, -0.25) is 9.80 Å². The number of carbonyl (C=O) groups is 3. The Kier molecular flexibility index (Phi) is 21.4. The fraction of sp³-hybridized carbons (Fsp3) is 0.358. The highest BCUT2D eigenvalue weighted by molar-refractivity contribution is 5.81. The summed E-state index contributed by atoms with van der Waals surface area (Å²) < 4.78 is 196. The Balaban J connectivity index is 0.000000226. The second-order valence-corrected chi connectivity index (χ2v) is 23.3. The summed E-state index contributed by atoms with van der Waals surface area (Å²) >= 11 is 0. The summed E-state index contributed by atoms with van der Waals surface area (Å²) in [7, 11) is 1.20. The smallest absolute Gasteiger partial charge is 0.416 e. The van der Waals surface area contributed by atoms with Gasteiger partial charge in [0.1, 0.15) is 38.5 Å². The minimum atomic E-state index is -5.05. The summed E-state index contributed by atoms with van der Waals surface area (Å²) in [5, 5.41) is 26.0. The number of rotatable bonds is 18. The lowest BCUT2D eigenvalue weighted by Gasteiger charge is -2.53. The lowest BCUT2D eigenvalue weighted by Crippen LogP contribution is -2.64. The molecule has 0 spiro atoms. The highest BCUT2D eigenvalue weighted by Crippen LogP contribution is 2.49. The van der Waals surface area contributed by atoms with Crippen LogP contribution in [0.5, 0.6) is 0 Å². The van der Waals surface area contributed by atoms with Gasteiger partial charge in [0.25, 0.3) is 0 Å². The van der Waals surface area contributed by atoms with Gasteiger partial charge in [0, 0.05) is 0 Å². The fourth-order valence-electron chi connectivity index (χ4n) is 11.9. The second kappa shape index (κ2) is 28.9. The zero-order chi connectivity index (χ0) is 69.3. The van der Waals surface area contributed by atoms with Crippen LogP contribution >= 0.6 is 0 Å². The van der Waals surface area contributed by atoms with Crippen LogP contribution in [0, 0.1) is 0 Å². The standard InChI is InChI=1S/C34H32F6N4O5.C33H32F6N4O4/c1-23(25-15-27(33(35,36)37)17-28(16-25)34(38,39)40)49-20-32(26-11-7-4-8-12-26)14-13-31(29(45)47-2,43-21-41-42-22-43)19-44(32)30(46)48-18-24-9-5-3-6-10-24;1-23(25-14-27(32(34,35)36)16-28(15-25)33(37,38)39)47-20-31(26-10-6-3-7-11-26)13-12-30(19-44,42-21-40-41-22-42)18-43(31)29(45)46-17-24-8-4-2-5-9-24/h3-12,15-17,21-23H,13-14,18-20H2,1-2H3;2-11,14-16,21-23,44H,12-13,17-20H2,1H3/t23-,31-,32-;23-,30-,31-/m11/s1. The van der Waals surface area contributed by atoms with Crippen LogP contribution in [0.25, 0.3) is 0 Å². The number of carbonyl (C=O) groups excluding carboxylic acids is 3. The number of methoxy groups -OCH3 is 1. The number of benzene rings is 6. The van der Waals surface area contributed by atoms with E-state index in [1.807, 2.05) is 6.07 Å². The molecular weight excluding hydrogens is 1290 g/mol. The minimum absolute atomic E-state index is 0.0217. The minimum Gasteiger partial charge on any atom is -0.467 e. The molecule has 0 unspecified atom stereocenters. The Morgan fingerprint density at radius 2 is 0.823 bits per heavy atom. The molecule has 96 heavy (non-hydrogen) atoms. The van der Waals surface area contributed by atoms with Gasteiger partial charge in [0.05, 0.1) is 91.1 Å². The Morgan fingerprint density at radius 3 is 1.18 bits per heavy atom. The van der Waals surface area contributed by atoms with E-state index in [1.165, 1.54) is 60.6 Å². The van der Waals surface area contributed by atoms with Gasteiger partial charge in [0.15, 0.2) is 5.54 Å². The number of esters is 1. The van der Waals surface area contributed by atoms with E-state index in [4.69, 9.17) is 23.7 Å². The topological polar surface area (TPSA) is 185 Å². The average molecular weight is 1350 g/mol. The molecule has 2 aliphatic heterocycles. The lowest BCUT2D eigenvalue weighted by molar-refractivity contribution is -0.160. The molecule has 0 radical (unpaired) electrons. The second-order valence-electron chi connectivity index (χ2n) is 23.3. The molecule has 1 N–H and O–H groups in total. The number of aromatic nitrogens is 6. The first-order chi connectivity index (χ1) is 45.5. The number of hydrogen-bond acceptors (Lipinski definition) is 13. The van der Waals surface area contributed by atoms with Crippen molar-refractivity contribution in [2.45, 2.75) is 112 Å². The van der Waals surface area contributed by atoms with Crippen molar-refractivity contribution < 1.29 is 95.9 Å². The molecule has 0 bridgehead atoms. The maximum Gasteiger partial charge on any atom is 0.416 e. The highest BCUT2D eigenvalue weighted by Gasteiger charge is 2.57. The van der Waals surface area contributed by atoms with Crippen LogP contribution in [0.3, 0.4) is 0 Å². The molecule has 29 heteroatoms. The van der Waals surface area contributed by atoms with E-state index in [0.29, 0.717) is 46.5 Å². The zero-order valence-electron chi connectivity index (χ0n) is 51.6. The number of likely N-dealkylation sites (tertiary alicyclic amines) is 2. The number of nitrogens with zero attached hydrogens (tertiary/aromatic N) is 8. The van der Waals surface area contributed by atoms with Gasteiger partial charge in [-0.25, -0.2) is 14.4 Å². The average Bonchev–Trinajstić information content (AvgIpc) is 1.08. The summed E-state index contributed by atoms with van der Waals surface area (Å²) in [6.07, 6.45) is -18.4. The predicted molar refractivity (Wildman–Crippen MR) is 318 cm³/mol. The van der Waals surface area contributed by atoms with Gasteiger partial charge in [-0.1, -0.05) is 121 Å². The van der Waals surface area contributed by atoms with Crippen molar-refractivity contribution >= 4 is 18.2 Å². The summed E-state index contributed by atoms with van der Waals surface area (Å²) in [6.45, 7) is 0.899. The van der Waals surface area contributed by atoms with E-state index in [9.17, 15) is 72.2 Å². The van der Waals surface area contributed by atoms with Gasteiger partial charge in [0.2, 0.25) is 0 Å². The van der Waals surface area contributed by atoms with Crippen LogP contribution in [-0.4, -0.2) is 103 Å². The van der Waals surface area contributed by atoms with Crippen LogP contribution in [0.1, 0.15) is 107 Å². The van der Waals surface area contributed by atoms with Crippen LogP contribution in [-0.2, 0) is 88.6 Å². The van der Waals surface area contributed by atoms with E-state index in [-0.39, 0.29) is 81.9 Å². The Labute approximate surface area is 542 Å². The van der Waals surface area contributed by atoms with E-state index >= 15 is 0 Å². The van der Waals surface area contributed by atoms with Gasteiger partial charge in [-0.15, -0.1) is 20.4 Å². The molecular formula is C67H64F12N8O9. The highest BCUT2D eigenvalue weighted by atomic mass is 19.4. The van der Waals surface area contributed by atoms with Crippen molar-refractivity contribution in [3.63, 3.8) is 0 Å². The first-order valence-electron chi connectivity index (χ1n) is 29.8. The molecule has 17 nitrogen and oxygen atoms in total.